The molecule has 29 heavy (non-hydrogen) atoms. The number of likely N-dealkylation sites (tertiary alicyclic amines) is 1. The second-order valence-electron chi connectivity index (χ2n) is 7.09. The van der Waals surface area contributed by atoms with Crippen LogP contribution >= 0.6 is 0 Å². The summed E-state index contributed by atoms with van der Waals surface area (Å²) in [6, 6.07) is 12.0. The van der Waals surface area contributed by atoms with E-state index in [9.17, 15) is 18.5 Å². The third-order valence-electron chi connectivity index (χ3n) is 5.27. The van der Waals surface area contributed by atoms with Gasteiger partial charge in [0.05, 0.1) is 6.04 Å². The molecule has 4 rings (SSSR count). The number of furan rings is 1. The van der Waals surface area contributed by atoms with Crippen molar-refractivity contribution in [1.82, 2.24) is 4.90 Å². The highest BCUT2D eigenvalue weighted by molar-refractivity contribution is 5.98. The van der Waals surface area contributed by atoms with Gasteiger partial charge in [-0.3, -0.25) is 9.69 Å². The predicted molar refractivity (Wildman–Crippen MR) is 102 cm³/mol. The maximum atomic E-state index is 13.2. The van der Waals surface area contributed by atoms with Gasteiger partial charge < -0.3 is 9.73 Å². The fourth-order valence-corrected chi connectivity index (χ4v) is 3.86. The molecule has 2 atom stereocenters. The average molecular weight is 400 g/mol. The average Bonchev–Trinajstić information content (AvgIpc) is 3.31. The molecule has 0 radical (unpaired) electrons. The molecule has 0 saturated carbocycles. The third kappa shape index (κ3) is 3.71. The molecule has 8 heteroatoms. The van der Waals surface area contributed by atoms with Crippen LogP contribution in [0, 0.1) is 5.82 Å². The first-order valence-electron chi connectivity index (χ1n) is 9.09. The Kier molecular flexibility index (Phi) is 5.02. The zero-order valence-electron chi connectivity index (χ0n) is 15.5. The molecule has 3 aromatic rings. The summed E-state index contributed by atoms with van der Waals surface area (Å²) in [4.78, 5) is 29.4. The molecule has 1 amide bonds. The van der Waals surface area contributed by atoms with Gasteiger partial charge in [0, 0.05) is 21.5 Å². The van der Waals surface area contributed by atoms with E-state index in [4.69, 9.17) is 4.42 Å². The van der Waals surface area contributed by atoms with E-state index < -0.39 is 12.0 Å². The van der Waals surface area contributed by atoms with Gasteiger partial charge in [0.1, 0.15) is 11.4 Å². The summed E-state index contributed by atoms with van der Waals surface area (Å²) >= 11 is 0. The number of nitrogens with one attached hydrogen (secondary N) is 1. The van der Waals surface area contributed by atoms with Crippen LogP contribution in [0.5, 0.6) is 0 Å². The fourth-order valence-electron chi connectivity index (χ4n) is 3.86. The summed E-state index contributed by atoms with van der Waals surface area (Å²) in [5, 5.41) is 3.41. The van der Waals surface area contributed by atoms with Gasteiger partial charge in [0.25, 0.3) is 0 Å². The maximum Gasteiger partial charge on any atom is 0.414 e. The molecule has 1 saturated heterocycles. The van der Waals surface area contributed by atoms with Crippen molar-refractivity contribution in [3.63, 3.8) is 0 Å². The quantitative estimate of drug-likeness (QED) is 0.716. The number of nitrogens with zero attached hydrogens (tertiary/aromatic N) is 1. The molecule has 2 unspecified atom stereocenters. The van der Waals surface area contributed by atoms with Crippen LogP contribution in [-0.2, 0) is 9.74 Å². The summed E-state index contributed by atoms with van der Waals surface area (Å²) in [6.07, 6.45) is 0.787. The second-order valence-corrected chi connectivity index (χ2v) is 7.09. The lowest BCUT2D eigenvalue weighted by molar-refractivity contribution is -0.120. The Morgan fingerprint density at radius 1 is 1.17 bits per heavy atom. The van der Waals surface area contributed by atoms with Crippen LogP contribution in [-0.4, -0.2) is 36.4 Å². The summed E-state index contributed by atoms with van der Waals surface area (Å²) in [5.41, 5.74) is 1.79. The normalized spacial score (nSPS) is 19.4. The number of likely N-dealkylation sites (N-methyl/N-ethyl adjacent to an activating group) is 1. The van der Waals surface area contributed by atoms with Gasteiger partial charge in [0.2, 0.25) is 11.7 Å². The van der Waals surface area contributed by atoms with Crippen molar-refractivity contribution in [2.24, 2.45) is 0 Å². The van der Waals surface area contributed by atoms with Crippen molar-refractivity contribution in [3.05, 3.63) is 65.7 Å². The topological polar surface area (TPSA) is 71.8 Å². The van der Waals surface area contributed by atoms with E-state index in [0.29, 0.717) is 16.7 Å². The van der Waals surface area contributed by atoms with Crippen molar-refractivity contribution in [2.45, 2.75) is 18.4 Å². The highest BCUT2D eigenvalue weighted by Gasteiger charge is 2.38. The minimum Gasteiger partial charge on any atom is -0.449 e. The Labute approximate surface area is 164 Å². The molecule has 0 spiro atoms. The van der Waals surface area contributed by atoms with Crippen molar-refractivity contribution in [2.75, 3.05) is 18.9 Å². The summed E-state index contributed by atoms with van der Waals surface area (Å²) < 4.78 is 30.5. The SMILES string of the molecule is CN1CCC(c2ccc(F)cc2)C1C(=O)Nc1ccc2oc(C(=O)OF)cc2c1. The largest absolute Gasteiger partial charge is 0.449 e. The van der Waals surface area contributed by atoms with E-state index in [2.05, 4.69) is 10.3 Å². The van der Waals surface area contributed by atoms with Gasteiger partial charge in [-0.1, -0.05) is 12.1 Å². The van der Waals surface area contributed by atoms with Gasteiger partial charge in [0.15, 0.2) is 0 Å². The molecular formula is C21H18F2N2O4. The first-order valence-corrected chi connectivity index (χ1v) is 9.09. The number of carbonyl (C=O) groups is 2. The minimum absolute atomic E-state index is 0.0517. The Morgan fingerprint density at radius 3 is 2.66 bits per heavy atom. The molecule has 1 aromatic heterocycles. The van der Waals surface area contributed by atoms with E-state index in [0.717, 1.165) is 18.5 Å². The monoisotopic (exact) mass is 400 g/mol. The Balaban J connectivity index is 1.55. The molecule has 1 aliphatic rings. The van der Waals surface area contributed by atoms with Crippen LogP contribution in [0.25, 0.3) is 11.0 Å². The number of rotatable bonds is 4. The van der Waals surface area contributed by atoms with E-state index >= 15 is 0 Å². The molecular weight excluding hydrogens is 382 g/mol. The molecule has 1 fully saturated rings. The predicted octanol–water partition coefficient (Wildman–Crippen LogP) is 4.04. The van der Waals surface area contributed by atoms with Crippen molar-refractivity contribution in [1.29, 1.82) is 0 Å². The smallest absolute Gasteiger partial charge is 0.414 e. The van der Waals surface area contributed by atoms with E-state index in [-0.39, 0.29) is 23.4 Å². The van der Waals surface area contributed by atoms with Gasteiger partial charge in [-0.2, -0.15) is 0 Å². The molecule has 150 valence electrons. The lowest BCUT2D eigenvalue weighted by atomic mass is 9.91. The van der Waals surface area contributed by atoms with Crippen LogP contribution in [0.3, 0.4) is 0 Å². The van der Waals surface area contributed by atoms with E-state index in [1.165, 1.54) is 18.2 Å². The first kappa shape index (κ1) is 19.1. The summed E-state index contributed by atoms with van der Waals surface area (Å²) in [7, 11) is 1.88. The number of halogens is 2. The summed E-state index contributed by atoms with van der Waals surface area (Å²) in [5.74, 6) is -2.04. The van der Waals surface area contributed by atoms with Crippen LogP contribution in [0.4, 0.5) is 14.6 Å². The zero-order chi connectivity index (χ0) is 20.5. The molecule has 2 heterocycles. The van der Waals surface area contributed by atoms with E-state index in [1.807, 2.05) is 11.9 Å². The lowest BCUT2D eigenvalue weighted by Crippen LogP contribution is -2.40. The molecule has 1 aliphatic heterocycles. The maximum absolute atomic E-state index is 13.2. The highest BCUT2D eigenvalue weighted by atomic mass is 19.3. The van der Waals surface area contributed by atoms with Crippen LogP contribution < -0.4 is 5.32 Å². The van der Waals surface area contributed by atoms with Crippen LogP contribution in [0.15, 0.2) is 52.9 Å². The third-order valence-corrected chi connectivity index (χ3v) is 5.27. The molecule has 1 N–H and O–H groups in total. The number of fused-ring (bicyclic) bond motifs is 1. The van der Waals surface area contributed by atoms with Crippen LogP contribution in [0.2, 0.25) is 0 Å². The molecule has 0 bridgehead atoms. The molecule has 6 nitrogen and oxygen atoms in total. The second kappa shape index (κ2) is 7.63. The highest BCUT2D eigenvalue weighted by Crippen LogP contribution is 2.34. The van der Waals surface area contributed by atoms with Gasteiger partial charge in [-0.05, 0) is 62.0 Å². The number of anilines is 1. The van der Waals surface area contributed by atoms with Gasteiger partial charge in [-0.25, -0.2) is 14.1 Å². The number of hydrogen-bond acceptors (Lipinski definition) is 5. The fraction of sp³-hybridized carbons (Fsp3) is 0.238. The first-order chi connectivity index (χ1) is 14.0. The minimum atomic E-state index is -1.22. The standard InChI is InChI=1S/C21H18F2N2O4/c1-25-9-8-16(12-2-4-14(22)5-3-12)19(25)20(26)24-15-6-7-17-13(10-15)11-18(28-17)21(27)29-23/h2-7,10-11,16,19H,8-9H2,1H3,(H,24,26). The van der Waals surface area contributed by atoms with E-state index in [1.54, 1.807) is 30.3 Å². The van der Waals surface area contributed by atoms with Gasteiger partial charge >= 0.3 is 5.97 Å². The van der Waals surface area contributed by atoms with Crippen molar-refractivity contribution in [3.8, 4) is 0 Å². The Morgan fingerprint density at radius 2 is 1.93 bits per heavy atom. The number of hydrogen-bond donors (Lipinski definition) is 1. The molecule has 0 aliphatic carbocycles. The molecule has 2 aromatic carbocycles. The Hall–Kier alpha value is -3.26. The van der Waals surface area contributed by atoms with Crippen molar-refractivity contribution < 1.29 is 27.9 Å². The number of benzene rings is 2. The number of amides is 1. The summed E-state index contributed by atoms with van der Waals surface area (Å²) in [6.45, 7) is 0.746. The lowest BCUT2D eigenvalue weighted by Gasteiger charge is -2.24. The zero-order valence-corrected chi connectivity index (χ0v) is 15.5. The van der Waals surface area contributed by atoms with Crippen LogP contribution in [0.1, 0.15) is 28.5 Å². The van der Waals surface area contributed by atoms with Gasteiger partial charge in [-0.15, -0.1) is 0 Å². The Bertz CT molecular complexity index is 1060. The number of carbonyl (C=O) groups excluding carboxylic acids is 2. The van der Waals surface area contributed by atoms with Crippen molar-refractivity contribution >= 4 is 28.5 Å².